The van der Waals surface area contributed by atoms with E-state index in [0.717, 1.165) is 15.4 Å². The molecule has 1 aliphatic heterocycles. The Labute approximate surface area is 120 Å². The highest BCUT2D eigenvalue weighted by Gasteiger charge is 2.23. The predicted molar refractivity (Wildman–Crippen MR) is 77.7 cm³/mol. The van der Waals surface area contributed by atoms with Crippen LogP contribution in [0.25, 0.3) is 0 Å². The number of carbonyl (C=O) groups excluding carboxylic acids is 1. The number of rotatable bonds is 2. The molecule has 7 heteroatoms. The molecule has 0 radical (unpaired) electrons. The maximum Gasteiger partial charge on any atom is 0.319 e. The van der Waals surface area contributed by atoms with Gasteiger partial charge < -0.3 is 10.6 Å². The number of urea groups is 1. The minimum absolute atomic E-state index is 0.0854. The van der Waals surface area contributed by atoms with E-state index in [0.29, 0.717) is 5.69 Å². The molecule has 0 aliphatic carbocycles. The molecule has 19 heavy (non-hydrogen) atoms. The molecular weight excluding hydrogens is 332 g/mol. The van der Waals surface area contributed by atoms with Gasteiger partial charge in [-0.15, -0.1) is 0 Å². The number of benzene rings is 1. The highest BCUT2D eigenvalue weighted by Crippen LogP contribution is 2.20. The van der Waals surface area contributed by atoms with Gasteiger partial charge in [0.05, 0.1) is 11.8 Å². The van der Waals surface area contributed by atoms with Gasteiger partial charge in [-0.3, -0.25) is 0 Å². The van der Waals surface area contributed by atoms with Crippen LogP contribution in [0.3, 0.4) is 0 Å². The van der Waals surface area contributed by atoms with Crippen LogP contribution in [0.4, 0.5) is 10.5 Å². The molecule has 0 aromatic heterocycles. The van der Waals surface area contributed by atoms with E-state index in [1.165, 1.54) is 6.08 Å². The van der Waals surface area contributed by atoms with Crippen LogP contribution in [0.2, 0.25) is 0 Å². The van der Waals surface area contributed by atoms with Gasteiger partial charge in [0.1, 0.15) is 0 Å². The van der Waals surface area contributed by atoms with Gasteiger partial charge in [0.2, 0.25) is 0 Å². The Morgan fingerprint density at radius 1 is 1.42 bits per heavy atom. The van der Waals surface area contributed by atoms with E-state index in [4.69, 9.17) is 0 Å². The lowest BCUT2D eigenvalue weighted by molar-refractivity contribution is 0.251. The van der Waals surface area contributed by atoms with Crippen molar-refractivity contribution in [2.24, 2.45) is 0 Å². The van der Waals surface area contributed by atoms with Crippen molar-refractivity contribution in [3.05, 3.63) is 39.7 Å². The number of amides is 2. The largest absolute Gasteiger partial charge is 0.331 e. The summed E-state index contributed by atoms with van der Waals surface area (Å²) < 4.78 is 23.3. The van der Waals surface area contributed by atoms with Crippen molar-refractivity contribution in [3.63, 3.8) is 0 Å². The third-order valence-electron chi connectivity index (χ3n) is 2.69. The molecule has 0 spiro atoms. The second-order valence-electron chi connectivity index (χ2n) is 4.32. The molecule has 1 atom stereocenters. The van der Waals surface area contributed by atoms with Crippen molar-refractivity contribution in [3.8, 4) is 0 Å². The quantitative estimate of drug-likeness (QED) is 0.863. The van der Waals surface area contributed by atoms with Crippen molar-refractivity contribution in [1.82, 2.24) is 5.32 Å². The summed E-state index contributed by atoms with van der Waals surface area (Å²) in [6.45, 7) is 1.88. The van der Waals surface area contributed by atoms with Gasteiger partial charge >= 0.3 is 6.03 Å². The molecule has 2 rings (SSSR count). The first kappa shape index (κ1) is 14.1. The fourth-order valence-corrected chi connectivity index (χ4v) is 3.32. The van der Waals surface area contributed by atoms with E-state index in [2.05, 4.69) is 26.6 Å². The maximum atomic E-state index is 11.8. The summed E-state index contributed by atoms with van der Waals surface area (Å²) >= 11 is 3.33. The first-order chi connectivity index (χ1) is 8.85. The third-order valence-corrected chi connectivity index (χ3v) is 4.58. The molecule has 1 aromatic carbocycles. The van der Waals surface area contributed by atoms with Gasteiger partial charge in [0.15, 0.2) is 9.84 Å². The zero-order valence-electron chi connectivity index (χ0n) is 10.2. The fourth-order valence-electron chi connectivity index (χ4n) is 1.72. The second kappa shape index (κ2) is 5.34. The zero-order chi connectivity index (χ0) is 14.0. The Balaban J connectivity index is 1.99. The first-order valence-electron chi connectivity index (χ1n) is 5.60. The van der Waals surface area contributed by atoms with Crippen LogP contribution in [-0.2, 0) is 9.84 Å². The van der Waals surface area contributed by atoms with E-state index in [1.807, 2.05) is 19.1 Å². The zero-order valence-corrected chi connectivity index (χ0v) is 12.6. The monoisotopic (exact) mass is 344 g/mol. The summed E-state index contributed by atoms with van der Waals surface area (Å²) in [7, 11) is -3.16. The molecule has 0 fully saturated rings. The average Bonchev–Trinajstić information content (AvgIpc) is 2.63. The minimum atomic E-state index is -3.16. The van der Waals surface area contributed by atoms with Crippen LogP contribution >= 0.6 is 15.9 Å². The Morgan fingerprint density at radius 2 is 2.16 bits per heavy atom. The second-order valence-corrected chi connectivity index (χ2v) is 7.17. The number of nitrogens with one attached hydrogen (secondary N) is 2. The summed E-state index contributed by atoms with van der Waals surface area (Å²) in [5.41, 5.74) is 1.60. The Hall–Kier alpha value is -1.34. The lowest BCUT2D eigenvalue weighted by Gasteiger charge is -2.13. The lowest BCUT2D eigenvalue weighted by atomic mass is 10.2. The molecule has 0 saturated heterocycles. The molecule has 0 bridgehead atoms. The van der Waals surface area contributed by atoms with Gasteiger partial charge in [-0.1, -0.05) is 22.0 Å². The minimum Gasteiger partial charge on any atom is -0.331 e. The highest BCUT2D eigenvalue weighted by atomic mass is 79.9. The summed E-state index contributed by atoms with van der Waals surface area (Å²) in [6.07, 6.45) is 1.47. The van der Waals surface area contributed by atoms with E-state index in [-0.39, 0.29) is 5.75 Å². The Bertz CT molecular complexity index is 640. The van der Waals surface area contributed by atoms with Crippen LogP contribution < -0.4 is 10.6 Å². The van der Waals surface area contributed by atoms with E-state index in [9.17, 15) is 13.2 Å². The molecule has 1 unspecified atom stereocenters. The molecule has 2 amide bonds. The van der Waals surface area contributed by atoms with Gasteiger partial charge in [0, 0.05) is 15.6 Å². The first-order valence-corrected chi connectivity index (χ1v) is 8.11. The Kier molecular flexibility index (Phi) is 3.96. The maximum absolute atomic E-state index is 11.8. The van der Waals surface area contributed by atoms with Gasteiger partial charge in [-0.25, -0.2) is 13.2 Å². The van der Waals surface area contributed by atoms with Crippen molar-refractivity contribution >= 4 is 37.5 Å². The standard InChI is InChI=1S/C12H13BrN2O3S/c1-8-2-3-9(13)6-11(8)15-12(16)14-10-4-5-19(17,18)7-10/h2-6,10H,7H2,1H3,(H2,14,15,16). The summed E-state index contributed by atoms with van der Waals surface area (Å²) in [5, 5.41) is 6.42. The average molecular weight is 345 g/mol. The number of carbonyl (C=O) groups is 1. The third kappa shape index (κ3) is 3.81. The van der Waals surface area contributed by atoms with Crippen LogP contribution in [0.1, 0.15) is 5.56 Å². The van der Waals surface area contributed by atoms with Crippen molar-refractivity contribution in [2.45, 2.75) is 13.0 Å². The molecule has 0 saturated carbocycles. The van der Waals surface area contributed by atoms with E-state index in [1.54, 1.807) is 6.07 Å². The number of halogens is 1. The SMILES string of the molecule is Cc1ccc(Br)cc1NC(=O)NC1C=CS(=O)(=O)C1. The summed E-state index contributed by atoms with van der Waals surface area (Å²) in [4.78, 5) is 11.8. The molecule has 1 aliphatic rings. The summed E-state index contributed by atoms with van der Waals surface area (Å²) in [5.74, 6) is -0.0854. The molecule has 1 aromatic rings. The Morgan fingerprint density at radius 3 is 2.79 bits per heavy atom. The van der Waals surface area contributed by atoms with Crippen LogP contribution in [-0.4, -0.2) is 26.2 Å². The van der Waals surface area contributed by atoms with Gasteiger partial charge in [-0.2, -0.15) is 0 Å². The van der Waals surface area contributed by atoms with Crippen LogP contribution in [0.5, 0.6) is 0 Å². The number of hydrogen-bond donors (Lipinski definition) is 2. The molecule has 2 N–H and O–H groups in total. The van der Waals surface area contributed by atoms with E-state index < -0.39 is 21.9 Å². The van der Waals surface area contributed by atoms with Crippen LogP contribution in [0.15, 0.2) is 34.2 Å². The van der Waals surface area contributed by atoms with Crippen molar-refractivity contribution in [1.29, 1.82) is 0 Å². The molecule has 102 valence electrons. The smallest absolute Gasteiger partial charge is 0.319 e. The fraction of sp³-hybridized carbons (Fsp3) is 0.250. The topological polar surface area (TPSA) is 75.3 Å². The molecule has 5 nitrogen and oxygen atoms in total. The predicted octanol–water partition coefficient (Wildman–Crippen LogP) is 2.19. The van der Waals surface area contributed by atoms with Crippen LogP contribution in [0, 0.1) is 6.92 Å². The molecule has 1 heterocycles. The number of aryl methyl sites for hydroxylation is 1. The van der Waals surface area contributed by atoms with Gasteiger partial charge in [-0.05, 0) is 30.7 Å². The number of hydrogen-bond acceptors (Lipinski definition) is 3. The van der Waals surface area contributed by atoms with Crippen molar-refractivity contribution in [2.75, 3.05) is 11.1 Å². The highest BCUT2D eigenvalue weighted by molar-refractivity contribution is 9.10. The van der Waals surface area contributed by atoms with Crippen molar-refractivity contribution < 1.29 is 13.2 Å². The van der Waals surface area contributed by atoms with E-state index >= 15 is 0 Å². The summed E-state index contributed by atoms with van der Waals surface area (Å²) in [6, 6.07) is 4.64. The lowest BCUT2D eigenvalue weighted by Crippen LogP contribution is -2.38. The van der Waals surface area contributed by atoms with Gasteiger partial charge in [0.25, 0.3) is 0 Å². The number of sulfone groups is 1. The number of anilines is 1. The normalized spacial score (nSPS) is 20.2. The molecular formula is C12H13BrN2O3S.